The number of halogens is 3. The minimum absolute atomic E-state index is 0.0288. The molecule has 3 amide bonds. The van der Waals surface area contributed by atoms with E-state index in [4.69, 9.17) is 4.42 Å². The Balaban J connectivity index is 1.28. The van der Waals surface area contributed by atoms with Gasteiger partial charge in [-0.15, -0.1) is 0 Å². The van der Waals surface area contributed by atoms with E-state index in [0.717, 1.165) is 31.4 Å². The van der Waals surface area contributed by atoms with Gasteiger partial charge in [-0.1, -0.05) is 0 Å². The van der Waals surface area contributed by atoms with E-state index in [1.807, 2.05) is 0 Å². The van der Waals surface area contributed by atoms with Crippen LogP contribution in [0.25, 0.3) is 6.08 Å². The van der Waals surface area contributed by atoms with Crippen LogP contribution in [0.3, 0.4) is 0 Å². The van der Waals surface area contributed by atoms with E-state index in [1.54, 1.807) is 34.3 Å². The number of likely N-dealkylation sites (tertiary alicyclic amines) is 2. The number of rotatable bonds is 3. The van der Waals surface area contributed by atoms with E-state index in [9.17, 15) is 22.8 Å². The molecule has 0 unspecified atom stereocenters. The lowest BCUT2D eigenvalue weighted by Gasteiger charge is -2.38. The van der Waals surface area contributed by atoms with Crippen LogP contribution in [-0.4, -0.2) is 47.9 Å². The molecular formula is C23H24F3N3O3. The summed E-state index contributed by atoms with van der Waals surface area (Å²) in [5.41, 5.74) is -0.456. The molecule has 4 rings (SSSR count). The number of nitrogens with zero attached hydrogens (tertiary/aromatic N) is 2. The summed E-state index contributed by atoms with van der Waals surface area (Å²) < 4.78 is 43.3. The zero-order chi connectivity index (χ0) is 22.8. The number of piperidine rings is 1. The molecule has 2 aromatic rings. The van der Waals surface area contributed by atoms with Crippen molar-refractivity contribution in [3.05, 3.63) is 60.1 Å². The number of benzene rings is 1. The molecule has 170 valence electrons. The lowest BCUT2D eigenvalue weighted by atomic mass is 9.78. The standard InChI is InChI=1S/C23H24F3N3O3/c24-23(25,26)17-3-5-18(6-4-17)27-21(31)29-14-11-22(16-29)9-12-28(13-10-22)20(30)8-7-19-2-1-15-32-19/h1-8,15H,9-14,16H2,(H,27,31)/b8-7+. The fourth-order valence-corrected chi connectivity index (χ4v) is 4.31. The lowest BCUT2D eigenvalue weighted by Crippen LogP contribution is -2.44. The summed E-state index contributed by atoms with van der Waals surface area (Å²) in [4.78, 5) is 28.5. The maximum atomic E-state index is 12.7. The van der Waals surface area contributed by atoms with Crippen LogP contribution in [0.5, 0.6) is 0 Å². The van der Waals surface area contributed by atoms with Gasteiger partial charge in [0.1, 0.15) is 5.76 Å². The zero-order valence-electron chi connectivity index (χ0n) is 17.4. The van der Waals surface area contributed by atoms with E-state index in [2.05, 4.69) is 5.32 Å². The van der Waals surface area contributed by atoms with Crippen LogP contribution in [0.2, 0.25) is 0 Å². The number of carbonyl (C=O) groups excluding carboxylic acids is 2. The second kappa shape index (κ2) is 8.72. The Morgan fingerprint density at radius 1 is 1.00 bits per heavy atom. The number of alkyl halides is 3. The fourth-order valence-electron chi connectivity index (χ4n) is 4.31. The summed E-state index contributed by atoms with van der Waals surface area (Å²) in [6, 6.07) is 7.63. The number of nitrogens with one attached hydrogen (secondary N) is 1. The molecule has 6 nitrogen and oxygen atoms in total. The largest absolute Gasteiger partial charge is 0.465 e. The second-order valence-corrected chi connectivity index (χ2v) is 8.35. The van der Waals surface area contributed by atoms with Gasteiger partial charge < -0.3 is 19.5 Å². The van der Waals surface area contributed by atoms with Gasteiger partial charge in [0.05, 0.1) is 11.8 Å². The Morgan fingerprint density at radius 2 is 1.66 bits per heavy atom. The minimum Gasteiger partial charge on any atom is -0.465 e. The molecule has 2 aliphatic rings. The van der Waals surface area contributed by atoms with Gasteiger partial charge in [-0.05, 0) is 67.2 Å². The average molecular weight is 447 g/mol. The molecule has 2 saturated heterocycles. The maximum absolute atomic E-state index is 12.7. The van der Waals surface area contributed by atoms with Gasteiger partial charge >= 0.3 is 12.2 Å². The van der Waals surface area contributed by atoms with Crippen LogP contribution in [-0.2, 0) is 11.0 Å². The number of urea groups is 1. The molecular weight excluding hydrogens is 423 g/mol. The molecule has 1 N–H and O–H groups in total. The highest BCUT2D eigenvalue weighted by Gasteiger charge is 2.42. The molecule has 0 saturated carbocycles. The molecule has 2 fully saturated rings. The highest BCUT2D eigenvalue weighted by atomic mass is 19.4. The highest BCUT2D eigenvalue weighted by Crippen LogP contribution is 2.40. The van der Waals surface area contributed by atoms with Gasteiger partial charge in [0.15, 0.2) is 0 Å². The summed E-state index contributed by atoms with van der Waals surface area (Å²) in [7, 11) is 0. The number of hydrogen-bond donors (Lipinski definition) is 1. The van der Waals surface area contributed by atoms with E-state index < -0.39 is 11.7 Å². The van der Waals surface area contributed by atoms with Crippen molar-refractivity contribution in [1.82, 2.24) is 9.80 Å². The molecule has 9 heteroatoms. The van der Waals surface area contributed by atoms with Crippen molar-refractivity contribution in [3.63, 3.8) is 0 Å². The predicted octanol–water partition coefficient (Wildman–Crippen LogP) is 4.86. The van der Waals surface area contributed by atoms with Crippen molar-refractivity contribution in [2.45, 2.75) is 25.4 Å². The molecule has 3 heterocycles. The Labute approximate surface area is 183 Å². The summed E-state index contributed by atoms with van der Waals surface area (Å²) in [6.45, 7) is 2.40. The minimum atomic E-state index is -4.41. The van der Waals surface area contributed by atoms with Gasteiger partial charge in [0.25, 0.3) is 0 Å². The number of carbonyl (C=O) groups is 2. The van der Waals surface area contributed by atoms with E-state index in [1.165, 1.54) is 18.2 Å². The quantitative estimate of drug-likeness (QED) is 0.684. The molecule has 0 aliphatic carbocycles. The highest BCUT2D eigenvalue weighted by molar-refractivity contribution is 5.91. The summed E-state index contributed by atoms with van der Waals surface area (Å²) in [6.07, 6.45) is 2.75. The first kappa shape index (κ1) is 22.0. The van der Waals surface area contributed by atoms with Gasteiger partial charge in [0, 0.05) is 37.9 Å². The van der Waals surface area contributed by atoms with E-state index >= 15 is 0 Å². The SMILES string of the molecule is O=C(/C=C/c1ccco1)N1CCC2(CC1)CCN(C(=O)Nc1ccc(C(F)(F)F)cc1)C2. The average Bonchev–Trinajstić information content (AvgIpc) is 3.43. The van der Waals surface area contributed by atoms with Crippen LogP contribution < -0.4 is 5.32 Å². The van der Waals surface area contributed by atoms with E-state index in [0.29, 0.717) is 37.6 Å². The topological polar surface area (TPSA) is 65.8 Å². The molecule has 0 atom stereocenters. The first-order valence-corrected chi connectivity index (χ1v) is 10.5. The van der Waals surface area contributed by atoms with Crippen molar-refractivity contribution >= 4 is 23.7 Å². The lowest BCUT2D eigenvalue weighted by molar-refractivity contribution is -0.137. The monoisotopic (exact) mass is 447 g/mol. The van der Waals surface area contributed by atoms with Crippen molar-refractivity contribution in [2.75, 3.05) is 31.5 Å². The number of anilines is 1. The Kier molecular flexibility index (Phi) is 5.99. The maximum Gasteiger partial charge on any atom is 0.416 e. The van der Waals surface area contributed by atoms with Gasteiger partial charge in [-0.25, -0.2) is 4.79 Å². The van der Waals surface area contributed by atoms with Gasteiger partial charge in [0.2, 0.25) is 5.91 Å². The van der Waals surface area contributed by atoms with Crippen LogP contribution >= 0.6 is 0 Å². The van der Waals surface area contributed by atoms with Crippen LogP contribution in [0.1, 0.15) is 30.6 Å². The molecule has 32 heavy (non-hydrogen) atoms. The number of hydrogen-bond acceptors (Lipinski definition) is 3. The third-order valence-corrected chi connectivity index (χ3v) is 6.26. The predicted molar refractivity (Wildman–Crippen MR) is 113 cm³/mol. The Morgan fingerprint density at radius 3 is 2.25 bits per heavy atom. The third kappa shape index (κ3) is 4.98. The smallest absolute Gasteiger partial charge is 0.416 e. The first-order chi connectivity index (χ1) is 15.2. The van der Waals surface area contributed by atoms with Crippen LogP contribution in [0, 0.1) is 5.41 Å². The second-order valence-electron chi connectivity index (χ2n) is 8.35. The van der Waals surface area contributed by atoms with Gasteiger partial charge in [-0.2, -0.15) is 13.2 Å². The van der Waals surface area contributed by atoms with Gasteiger partial charge in [-0.3, -0.25) is 4.79 Å². The number of amides is 3. The fraction of sp³-hybridized carbons (Fsp3) is 0.391. The molecule has 2 aliphatic heterocycles. The zero-order valence-corrected chi connectivity index (χ0v) is 17.4. The summed E-state index contributed by atoms with van der Waals surface area (Å²) in [5, 5.41) is 2.68. The molecule has 1 spiro atoms. The van der Waals surface area contributed by atoms with Crippen molar-refractivity contribution < 1.29 is 27.2 Å². The van der Waals surface area contributed by atoms with Crippen molar-refractivity contribution in [1.29, 1.82) is 0 Å². The molecule has 0 bridgehead atoms. The van der Waals surface area contributed by atoms with Crippen molar-refractivity contribution in [2.24, 2.45) is 5.41 Å². The Hall–Kier alpha value is -3.23. The first-order valence-electron chi connectivity index (χ1n) is 10.5. The van der Waals surface area contributed by atoms with Crippen LogP contribution in [0.15, 0.2) is 53.2 Å². The van der Waals surface area contributed by atoms with Crippen molar-refractivity contribution in [3.8, 4) is 0 Å². The normalized spacial score (nSPS) is 18.5. The van der Waals surface area contributed by atoms with Crippen LogP contribution in [0.4, 0.5) is 23.7 Å². The third-order valence-electron chi connectivity index (χ3n) is 6.26. The number of furan rings is 1. The summed E-state index contributed by atoms with van der Waals surface area (Å²) >= 11 is 0. The molecule has 0 radical (unpaired) electrons. The van der Waals surface area contributed by atoms with E-state index in [-0.39, 0.29) is 17.4 Å². The molecule has 1 aromatic carbocycles. The Bertz CT molecular complexity index is 976. The summed E-state index contributed by atoms with van der Waals surface area (Å²) in [5.74, 6) is 0.559. The molecule has 1 aromatic heterocycles.